The smallest absolute Gasteiger partial charge is 0.375 e. The van der Waals surface area contributed by atoms with Crippen LogP contribution < -0.4 is 5.32 Å². The van der Waals surface area contributed by atoms with Gasteiger partial charge in [-0.1, -0.05) is 0 Å². The van der Waals surface area contributed by atoms with Gasteiger partial charge in [0, 0.05) is 25.1 Å². The maximum absolute atomic E-state index is 13.1. The molecule has 1 heterocycles. The van der Waals surface area contributed by atoms with E-state index in [9.17, 15) is 22.4 Å². The van der Waals surface area contributed by atoms with Gasteiger partial charge in [0.25, 0.3) is 0 Å². The number of benzene rings is 1. The highest BCUT2D eigenvalue weighted by molar-refractivity contribution is 5.96. The number of carbonyl (C=O) groups is 1. The van der Waals surface area contributed by atoms with Crippen LogP contribution in [-0.2, 0) is 10.9 Å². The highest BCUT2D eigenvalue weighted by Crippen LogP contribution is 2.32. The number of nitrogens with one attached hydrogen (secondary N) is 1. The van der Waals surface area contributed by atoms with Crippen LogP contribution in [-0.4, -0.2) is 31.6 Å². The highest BCUT2D eigenvalue weighted by Gasteiger charge is 2.34. The lowest BCUT2D eigenvalue weighted by Crippen LogP contribution is -2.39. The van der Waals surface area contributed by atoms with Crippen molar-refractivity contribution in [1.29, 1.82) is 0 Å². The van der Waals surface area contributed by atoms with Crippen molar-refractivity contribution < 1.29 is 27.1 Å². The second-order valence-electron chi connectivity index (χ2n) is 4.52. The van der Waals surface area contributed by atoms with Crippen molar-refractivity contribution in [3.05, 3.63) is 35.1 Å². The van der Waals surface area contributed by atoms with Crippen LogP contribution in [0.15, 0.2) is 18.2 Å². The number of ketones is 1. The van der Waals surface area contributed by atoms with Gasteiger partial charge in [0.2, 0.25) is 0 Å². The molecular weight excluding hydrogens is 278 g/mol. The Morgan fingerprint density at radius 2 is 2.15 bits per heavy atom. The Bertz CT molecular complexity index is 496. The molecule has 0 bridgehead atoms. The number of Topliss-reactive ketones (excluding diaryl/α,β-unsaturated/α-hetero) is 1. The molecule has 7 heteroatoms. The van der Waals surface area contributed by atoms with Gasteiger partial charge in [-0.15, -0.1) is 0 Å². The minimum absolute atomic E-state index is 0.0318. The number of morpholine rings is 1. The molecule has 2 rings (SSSR count). The average Bonchev–Trinajstić information content (AvgIpc) is 2.39. The van der Waals surface area contributed by atoms with E-state index in [2.05, 4.69) is 5.32 Å². The maximum Gasteiger partial charge on any atom is 0.419 e. The van der Waals surface area contributed by atoms with Gasteiger partial charge in [0.05, 0.1) is 18.3 Å². The Morgan fingerprint density at radius 1 is 1.40 bits per heavy atom. The molecule has 0 aromatic heterocycles. The summed E-state index contributed by atoms with van der Waals surface area (Å²) in [5, 5.41) is 3.02. The molecule has 1 aromatic rings. The SMILES string of the molecule is O=C(CC1CNCCO1)c1ccc(F)c(C(F)(F)F)c1. The summed E-state index contributed by atoms with van der Waals surface area (Å²) in [5.41, 5.74) is -1.58. The van der Waals surface area contributed by atoms with Gasteiger partial charge < -0.3 is 10.1 Å². The third-order valence-electron chi connectivity index (χ3n) is 3.01. The summed E-state index contributed by atoms with van der Waals surface area (Å²) in [4.78, 5) is 11.9. The average molecular weight is 291 g/mol. The van der Waals surface area contributed by atoms with E-state index < -0.39 is 23.3 Å². The van der Waals surface area contributed by atoms with Crippen molar-refractivity contribution >= 4 is 5.78 Å². The number of carbonyl (C=O) groups excluding carboxylic acids is 1. The summed E-state index contributed by atoms with van der Waals surface area (Å²) >= 11 is 0. The molecule has 1 aliphatic heterocycles. The van der Waals surface area contributed by atoms with Crippen molar-refractivity contribution in [1.82, 2.24) is 5.32 Å². The molecule has 3 nitrogen and oxygen atoms in total. The second kappa shape index (κ2) is 5.88. The molecule has 0 amide bonds. The zero-order chi connectivity index (χ0) is 14.8. The number of ether oxygens (including phenoxy) is 1. The van der Waals surface area contributed by atoms with Crippen LogP contribution in [0.3, 0.4) is 0 Å². The zero-order valence-corrected chi connectivity index (χ0v) is 10.5. The molecule has 1 aliphatic rings. The first-order valence-corrected chi connectivity index (χ1v) is 6.10. The van der Waals surface area contributed by atoms with E-state index in [1.54, 1.807) is 0 Å². The lowest BCUT2D eigenvalue weighted by molar-refractivity contribution is -0.140. The van der Waals surface area contributed by atoms with Crippen LogP contribution in [0.4, 0.5) is 17.6 Å². The molecular formula is C13H13F4NO2. The minimum atomic E-state index is -4.82. The summed E-state index contributed by atoms with van der Waals surface area (Å²) in [7, 11) is 0. The zero-order valence-electron chi connectivity index (χ0n) is 10.5. The van der Waals surface area contributed by atoms with Gasteiger partial charge in [0.15, 0.2) is 5.78 Å². The summed E-state index contributed by atoms with van der Waals surface area (Å²) in [6.45, 7) is 1.60. The molecule has 0 aliphatic carbocycles. The molecule has 1 fully saturated rings. The Balaban J connectivity index is 2.13. The third-order valence-corrected chi connectivity index (χ3v) is 3.01. The molecule has 1 saturated heterocycles. The molecule has 1 atom stereocenters. The predicted molar refractivity (Wildman–Crippen MR) is 63.0 cm³/mol. The Labute approximate surface area is 112 Å². The van der Waals surface area contributed by atoms with Gasteiger partial charge >= 0.3 is 6.18 Å². The molecule has 0 radical (unpaired) electrons. The molecule has 20 heavy (non-hydrogen) atoms. The standard InChI is InChI=1S/C13H13F4NO2/c14-11-2-1-8(5-10(11)13(15,16)17)12(19)6-9-7-18-3-4-20-9/h1-2,5,9,18H,3-4,6-7H2. The second-order valence-corrected chi connectivity index (χ2v) is 4.52. The summed E-state index contributed by atoms with van der Waals surface area (Å²) < 4.78 is 56.1. The van der Waals surface area contributed by atoms with Crippen molar-refractivity contribution in [2.75, 3.05) is 19.7 Å². The molecule has 0 saturated carbocycles. The van der Waals surface area contributed by atoms with E-state index in [4.69, 9.17) is 4.74 Å². The van der Waals surface area contributed by atoms with E-state index in [1.165, 1.54) is 0 Å². The largest absolute Gasteiger partial charge is 0.419 e. The van der Waals surface area contributed by atoms with Gasteiger partial charge in [-0.05, 0) is 18.2 Å². The van der Waals surface area contributed by atoms with Crippen molar-refractivity contribution in [2.45, 2.75) is 18.7 Å². The number of hydrogen-bond acceptors (Lipinski definition) is 3. The van der Waals surface area contributed by atoms with Crippen LogP contribution in [0.2, 0.25) is 0 Å². The van der Waals surface area contributed by atoms with E-state index in [0.29, 0.717) is 31.8 Å². The fourth-order valence-electron chi connectivity index (χ4n) is 1.99. The summed E-state index contributed by atoms with van der Waals surface area (Å²) in [6.07, 6.45) is -5.21. The van der Waals surface area contributed by atoms with Crippen molar-refractivity contribution in [2.24, 2.45) is 0 Å². The van der Waals surface area contributed by atoms with E-state index in [-0.39, 0.29) is 18.1 Å². The van der Waals surface area contributed by atoms with Crippen LogP contribution in [0, 0.1) is 5.82 Å². The highest BCUT2D eigenvalue weighted by atomic mass is 19.4. The van der Waals surface area contributed by atoms with Crippen LogP contribution in [0.1, 0.15) is 22.3 Å². The van der Waals surface area contributed by atoms with Crippen LogP contribution >= 0.6 is 0 Å². The molecule has 1 unspecified atom stereocenters. The Hall–Kier alpha value is -1.47. The van der Waals surface area contributed by atoms with Gasteiger partial charge in [-0.25, -0.2) is 4.39 Å². The van der Waals surface area contributed by atoms with E-state index >= 15 is 0 Å². The first-order valence-electron chi connectivity index (χ1n) is 6.10. The van der Waals surface area contributed by atoms with Gasteiger partial charge in [0.1, 0.15) is 5.82 Å². The lowest BCUT2D eigenvalue weighted by Gasteiger charge is -2.23. The minimum Gasteiger partial charge on any atom is -0.375 e. The van der Waals surface area contributed by atoms with Crippen molar-refractivity contribution in [3.63, 3.8) is 0 Å². The number of rotatable bonds is 3. The quantitative estimate of drug-likeness (QED) is 0.686. The fourth-order valence-corrected chi connectivity index (χ4v) is 1.99. The topological polar surface area (TPSA) is 38.3 Å². The molecule has 1 N–H and O–H groups in total. The Morgan fingerprint density at radius 3 is 2.75 bits per heavy atom. The lowest BCUT2D eigenvalue weighted by atomic mass is 10.0. The van der Waals surface area contributed by atoms with E-state index in [0.717, 1.165) is 6.07 Å². The number of hydrogen-bond donors (Lipinski definition) is 1. The predicted octanol–water partition coefficient (Wildman–Crippen LogP) is 2.41. The first kappa shape index (κ1) is 14.9. The monoisotopic (exact) mass is 291 g/mol. The molecule has 1 aromatic carbocycles. The van der Waals surface area contributed by atoms with E-state index in [1.807, 2.05) is 0 Å². The normalized spacial score (nSPS) is 19.9. The maximum atomic E-state index is 13.1. The van der Waals surface area contributed by atoms with Crippen LogP contribution in [0.5, 0.6) is 0 Å². The molecule has 110 valence electrons. The summed E-state index contributed by atoms with van der Waals surface area (Å²) in [5.74, 6) is -1.88. The van der Waals surface area contributed by atoms with Gasteiger partial charge in [-0.2, -0.15) is 13.2 Å². The van der Waals surface area contributed by atoms with Crippen LogP contribution in [0.25, 0.3) is 0 Å². The third kappa shape index (κ3) is 3.55. The first-order chi connectivity index (χ1) is 9.38. The summed E-state index contributed by atoms with van der Waals surface area (Å²) in [6, 6.07) is 2.27. The molecule has 0 spiro atoms. The number of halogens is 4. The van der Waals surface area contributed by atoms with Crippen molar-refractivity contribution in [3.8, 4) is 0 Å². The Kier molecular flexibility index (Phi) is 4.39. The van der Waals surface area contributed by atoms with Gasteiger partial charge in [-0.3, -0.25) is 4.79 Å². The fraction of sp³-hybridized carbons (Fsp3) is 0.462. The number of alkyl halides is 3.